The van der Waals surface area contributed by atoms with Gasteiger partial charge in [-0.15, -0.1) is 0 Å². The Bertz CT molecular complexity index is 802. The Morgan fingerprint density at radius 2 is 1.82 bits per heavy atom. The normalized spacial score (nSPS) is 19.7. The minimum Gasteiger partial charge on any atom is -0.377 e. The fraction of sp³-hybridized carbons (Fsp3) is 0.375. The van der Waals surface area contributed by atoms with E-state index in [0.29, 0.717) is 24.4 Å². The molecule has 2 N–H and O–H groups in total. The number of sulfonamides is 1. The van der Waals surface area contributed by atoms with E-state index >= 15 is 0 Å². The Kier molecular flexibility index (Phi) is 3.84. The van der Waals surface area contributed by atoms with Crippen LogP contribution in [0.2, 0.25) is 0 Å². The van der Waals surface area contributed by atoms with Crippen LogP contribution in [0.5, 0.6) is 0 Å². The van der Waals surface area contributed by atoms with Crippen LogP contribution in [0, 0.1) is 0 Å². The van der Waals surface area contributed by atoms with Gasteiger partial charge in [0.15, 0.2) is 0 Å². The third kappa shape index (κ3) is 2.47. The van der Waals surface area contributed by atoms with Gasteiger partial charge in [-0.05, 0) is 18.6 Å². The summed E-state index contributed by atoms with van der Waals surface area (Å²) in [5, 5.41) is 1.70. The number of nitrogens with zero attached hydrogens (tertiary/aromatic N) is 2. The topological polar surface area (TPSA) is 66.6 Å². The molecule has 1 fully saturated rings. The molecule has 0 bridgehead atoms. The van der Waals surface area contributed by atoms with Crippen molar-refractivity contribution in [2.75, 3.05) is 32.1 Å². The van der Waals surface area contributed by atoms with Crippen molar-refractivity contribution < 1.29 is 8.42 Å². The minimum absolute atomic E-state index is 0.0675. The van der Waals surface area contributed by atoms with E-state index in [0.717, 1.165) is 16.5 Å². The van der Waals surface area contributed by atoms with Gasteiger partial charge in [-0.1, -0.05) is 24.3 Å². The summed E-state index contributed by atoms with van der Waals surface area (Å²) in [5.74, 6) is 0. The Morgan fingerprint density at radius 3 is 2.45 bits per heavy atom. The van der Waals surface area contributed by atoms with E-state index in [1.165, 1.54) is 4.31 Å². The van der Waals surface area contributed by atoms with Crippen molar-refractivity contribution in [3.8, 4) is 0 Å². The molecule has 0 aliphatic carbocycles. The van der Waals surface area contributed by atoms with Crippen molar-refractivity contribution in [2.24, 2.45) is 5.73 Å². The standard InChI is InChI=1S/C16H21N3O2S/c1-18(2)15-7-3-6-14-13(15)5-4-8-16(14)22(20,21)19-10-9-12(17)11-19/h3-8,12H,9-11,17H2,1-2H3/t12-/m0/s1. The lowest BCUT2D eigenvalue weighted by atomic mass is 10.1. The van der Waals surface area contributed by atoms with Crippen LogP contribution in [-0.4, -0.2) is 45.9 Å². The molecule has 3 rings (SSSR count). The van der Waals surface area contributed by atoms with E-state index in [4.69, 9.17) is 5.73 Å². The third-order valence-corrected chi connectivity index (χ3v) is 6.07. The van der Waals surface area contributed by atoms with Crippen molar-refractivity contribution in [3.63, 3.8) is 0 Å². The van der Waals surface area contributed by atoms with Gasteiger partial charge in [0, 0.05) is 49.7 Å². The van der Waals surface area contributed by atoms with Gasteiger partial charge < -0.3 is 10.6 Å². The van der Waals surface area contributed by atoms with Crippen LogP contribution in [0.4, 0.5) is 5.69 Å². The largest absolute Gasteiger partial charge is 0.377 e. The smallest absolute Gasteiger partial charge is 0.243 e. The Morgan fingerprint density at radius 1 is 1.14 bits per heavy atom. The van der Waals surface area contributed by atoms with Crippen LogP contribution in [0.25, 0.3) is 10.8 Å². The first kappa shape index (κ1) is 15.3. The average molecular weight is 319 g/mol. The number of fused-ring (bicyclic) bond motifs is 1. The maximum Gasteiger partial charge on any atom is 0.243 e. The molecule has 0 unspecified atom stereocenters. The van der Waals surface area contributed by atoms with Gasteiger partial charge in [0.2, 0.25) is 10.0 Å². The highest BCUT2D eigenvalue weighted by Crippen LogP contribution is 2.32. The molecular weight excluding hydrogens is 298 g/mol. The van der Waals surface area contributed by atoms with Crippen LogP contribution in [0.3, 0.4) is 0 Å². The number of anilines is 1. The molecule has 2 aromatic carbocycles. The zero-order valence-corrected chi connectivity index (χ0v) is 13.7. The molecular formula is C16H21N3O2S. The molecule has 0 amide bonds. The fourth-order valence-electron chi connectivity index (χ4n) is 2.99. The first-order chi connectivity index (χ1) is 10.4. The van der Waals surface area contributed by atoms with Crippen LogP contribution >= 0.6 is 0 Å². The lowest BCUT2D eigenvalue weighted by Crippen LogP contribution is -2.32. The number of hydrogen-bond donors (Lipinski definition) is 1. The zero-order chi connectivity index (χ0) is 15.9. The van der Waals surface area contributed by atoms with Gasteiger partial charge in [-0.25, -0.2) is 8.42 Å². The highest BCUT2D eigenvalue weighted by molar-refractivity contribution is 7.89. The van der Waals surface area contributed by atoms with Crippen molar-refractivity contribution >= 4 is 26.5 Å². The predicted molar refractivity (Wildman–Crippen MR) is 89.6 cm³/mol. The molecule has 0 saturated carbocycles. The van der Waals surface area contributed by atoms with Gasteiger partial charge in [0.05, 0.1) is 4.90 Å². The zero-order valence-electron chi connectivity index (χ0n) is 12.9. The monoisotopic (exact) mass is 319 g/mol. The molecule has 2 aromatic rings. The van der Waals surface area contributed by atoms with E-state index in [1.54, 1.807) is 12.1 Å². The summed E-state index contributed by atoms with van der Waals surface area (Å²) in [6.45, 7) is 0.888. The molecule has 1 aliphatic heterocycles. The molecule has 0 spiro atoms. The predicted octanol–water partition coefficient (Wildman–Crippen LogP) is 1.63. The summed E-state index contributed by atoms with van der Waals surface area (Å²) >= 11 is 0. The van der Waals surface area contributed by atoms with E-state index in [2.05, 4.69) is 0 Å². The summed E-state index contributed by atoms with van der Waals surface area (Å²) < 4.78 is 27.4. The van der Waals surface area contributed by atoms with Crippen molar-refractivity contribution in [1.82, 2.24) is 4.31 Å². The van der Waals surface area contributed by atoms with E-state index < -0.39 is 10.0 Å². The molecule has 5 nitrogen and oxygen atoms in total. The van der Waals surface area contributed by atoms with Crippen molar-refractivity contribution in [1.29, 1.82) is 0 Å². The molecule has 0 aromatic heterocycles. The lowest BCUT2D eigenvalue weighted by Gasteiger charge is -2.20. The molecule has 1 atom stereocenters. The maximum atomic E-state index is 12.9. The maximum absolute atomic E-state index is 12.9. The van der Waals surface area contributed by atoms with Crippen molar-refractivity contribution in [2.45, 2.75) is 17.4 Å². The van der Waals surface area contributed by atoms with Gasteiger partial charge in [-0.3, -0.25) is 0 Å². The first-order valence-electron chi connectivity index (χ1n) is 7.36. The summed E-state index contributed by atoms with van der Waals surface area (Å²) in [7, 11) is 0.402. The number of hydrogen-bond acceptors (Lipinski definition) is 4. The average Bonchev–Trinajstić information content (AvgIpc) is 2.93. The molecule has 1 aliphatic rings. The Labute approximate surface area is 131 Å². The second-order valence-corrected chi connectivity index (χ2v) is 7.84. The minimum atomic E-state index is -3.51. The van der Waals surface area contributed by atoms with Gasteiger partial charge >= 0.3 is 0 Å². The quantitative estimate of drug-likeness (QED) is 0.934. The molecule has 0 radical (unpaired) electrons. The van der Waals surface area contributed by atoms with Crippen molar-refractivity contribution in [3.05, 3.63) is 36.4 Å². The van der Waals surface area contributed by atoms with E-state index in [-0.39, 0.29) is 6.04 Å². The highest BCUT2D eigenvalue weighted by Gasteiger charge is 2.32. The van der Waals surface area contributed by atoms with Crippen LogP contribution in [-0.2, 0) is 10.0 Å². The summed E-state index contributed by atoms with van der Waals surface area (Å²) in [6, 6.07) is 11.1. The highest BCUT2D eigenvalue weighted by atomic mass is 32.2. The third-order valence-electron chi connectivity index (χ3n) is 4.15. The molecule has 1 heterocycles. The number of rotatable bonds is 3. The summed E-state index contributed by atoms with van der Waals surface area (Å²) in [5.41, 5.74) is 6.87. The summed E-state index contributed by atoms with van der Waals surface area (Å²) in [4.78, 5) is 2.35. The second kappa shape index (κ2) is 5.53. The van der Waals surface area contributed by atoms with Gasteiger partial charge in [-0.2, -0.15) is 4.31 Å². The lowest BCUT2D eigenvalue weighted by molar-refractivity contribution is 0.473. The molecule has 6 heteroatoms. The van der Waals surface area contributed by atoms with Gasteiger partial charge in [0.1, 0.15) is 0 Å². The SMILES string of the molecule is CN(C)c1cccc2c(S(=O)(=O)N3CC[C@H](N)C3)cccc12. The molecule has 1 saturated heterocycles. The number of benzene rings is 2. The van der Waals surface area contributed by atoms with Crippen LogP contribution < -0.4 is 10.6 Å². The Hall–Kier alpha value is -1.63. The summed E-state index contributed by atoms with van der Waals surface area (Å²) in [6.07, 6.45) is 0.715. The molecule has 22 heavy (non-hydrogen) atoms. The van der Waals surface area contributed by atoms with Crippen LogP contribution in [0.15, 0.2) is 41.3 Å². The van der Waals surface area contributed by atoms with Crippen LogP contribution in [0.1, 0.15) is 6.42 Å². The van der Waals surface area contributed by atoms with Gasteiger partial charge in [0.25, 0.3) is 0 Å². The molecule has 118 valence electrons. The van der Waals surface area contributed by atoms with E-state index in [9.17, 15) is 8.42 Å². The number of nitrogens with two attached hydrogens (primary N) is 1. The van der Waals surface area contributed by atoms with E-state index in [1.807, 2.05) is 43.3 Å². The first-order valence-corrected chi connectivity index (χ1v) is 8.80. The Balaban J connectivity index is 2.18. The second-order valence-electron chi connectivity index (χ2n) is 5.93. The fourth-order valence-corrected chi connectivity index (χ4v) is 4.71.